The van der Waals surface area contributed by atoms with Crippen molar-refractivity contribution in [3.8, 4) is 0 Å². The van der Waals surface area contributed by atoms with E-state index in [4.69, 9.17) is 9.84 Å². The minimum absolute atomic E-state index is 0.0405. The molecule has 0 saturated carbocycles. The van der Waals surface area contributed by atoms with Gasteiger partial charge in [0.05, 0.1) is 5.52 Å². The predicted molar refractivity (Wildman–Crippen MR) is 91.1 cm³/mol. The third-order valence-corrected chi connectivity index (χ3v) is 3.50. The molecule has 25 heavy (non-hydrogen) atoms. The average molecular weight is 337 g/mol. The van der Waals surface area contributed by atoms with Crippen LogP contribution >= 0.6 is 0 Å². The van der Waals surface area contributed by atoms with Crippen molar-refractivity contribution in [2.24, 2.45) is 0 Å². The lowest BCUT2D eigenvalue weighted by Crippen LogP contribution is -2.37. The van der Waals surface area contributed by atoms with Crippen molar-refractivity contribution < 1.29 is 19.4 Å². The zero-order chi connectivity index (χ0) is 17.6. The highest BCUT2D eigenvalue weighted by Crippen LogP contribution is 2.23. The molecule has 3 rings (SSSR count). The van der Waals surface area contributed by atoms with E-state index >= 15 is 0 Å². The maximum Gasteiger partial charge on any atom is 0.416 e. The Hall–Kier alpha value is -3.48. The normalized spacial score (nSPS) is 10.4. The van der Waals surface area contributed by atoms with E-state index in [0.29, 0.717) is 10.9 Å². The number of carbonyl (C=O) groups excluding carboxylic acids is 1. The van der Waals surface area contributed by atoms with Crippen LogP contribution in [0.3, 0.4) is 0 Å². The van der Waals surface area contributed by atoms with Gasteiger partial charge in [-0.15, -0.1) is 0 Å². The van der Waals surface area contributed by atoms with Gasteiger partial charge in [0, 0.05) is 5.39 Å². The van der Waals surface area contributed by atoms with Gasteiger partial charge in [-0.05, 0) is 17.7 Å². The molecule has 0 aliphatic heterocycles. The van der Waals surface area contributed by atoms with E-state index in [2.05, 4.69) is 9.97 Å². The van der Waals surface area contributed by atoms with Crippen molar-refractivity contribution in [1.82, 2.24) is 9.97 Å². The van der Waals surface area contributed by atoms with Gasteiger partial charge in [0.25, 0.3) is 0 Å². The Kier molecular flexibility index (Phi) is 4.84. The van der Waals surface area contributed by atoms with E-state index in [1.54, 1.807) is 24.3 Å². The number of benzene rings is 2. The second-order valence-corrected chi connectivity index (χ2v) is 5.23. The van der Waals surface area contributed by atoms with E-state index in [-0.39, 0.29) is 12.4 Å². The van der Waals surface area contributed by atoms with Crippen molar-refractivity contribution >= 4 is 28.8 Å². The number of para-hydroxylation sites is 1. The lowest BCUT2D eigenvalue weighted by Gasteiger charge is -2.20. The molecule has 0 bridgehead atoms. The summed E-state index contributed by atoms with van der Waals surface area (Å²) in [5, 5.41) is 9.73. The molecule has 7 heteroatoms. The largest absolute Gasteiger partial charge is 0.480 e. The van der Waals surface area contributed by atoms with Gasteiger partial charge in [0.2, 0.25) is 0 Å². The molecule has 1 heterocycles. The smallest absolute Gasteiger partial charge is 0.416 e. The maximum atomic E-state index is 12.5. The molecule has 0 atom stereocenters. The number of ether oxygens (including phenoxy) is 1. The van der Waals surface area contributed by atoms with Gasteiger partial charge in [-0.3, -0.25) is 4.79 Å². The highest BCUT2D eigenvalue weighted by atomic mass is 16.6. The van der Waals surface area contributed by atoms with Crippen LogP contribution in [0.25, 0.3) is 10.9 Å². The first-order chi connectivity index (χ1) is 12.1. The second-order valence-electron chi connectivity index (χ2n) is 5.23. The summed E-state index contributed by atoms with van der Waals surface area (Å²) in [5.41, 5.74) is 1.41. The third kappa shape index (κ3) is 3.89. The number of hydrogen-bond donors (Lipinski definition) is 1. The van der Waals surface area contributed by atoms with E-state index in [1.807, 2.05) is 30.3 Å². The number of carbonyl (C=O) groups is 2. The summed E-state index contributed by atoms with van der Waals surface area (Å²) >= 11 is 0. The lowest BCUT2D eigenvalue weighted by atomic mass is 10.2. The summed E-state index contributed by atoms with van der Waals surface area (Å²) in [7, 11) is 0. The number of aromatic nitrogens is 2. The Morgan fingerprint density at radius 2 is 1.72 bits per heavy atom. The van der Waals surface area contributed by atoms with E-state index in [9.17, 15) is 9.59 Å². The molecule has 1 amide bonds. The van der Waals surface area contributed by atoms with Crippen molar-refractivity contribution in [3.63, 3.8) is 0 Å². The topological polar surface area (TPSA) is 92.6 Å². The van der Waals surface area contributed by atoms with Gasteiger partial charge >= 0.3 is 12.1 Å². The minimum atomic E-state index is -1.17. The molecule has 7 nitrogen and oxygen atoms in total. The van der Waals surface area contributed by atoms with E-state index in [0.717, 1.165) is 10.5 Å². The van der Waals surface area contributed by atoms with Gasteiger partial charge in [0.1, 0.15) is 25.3 Å². The highest BCUT2D eigenvalue weighted by Gasteiger charge is 2.23. The zero-order valence-corrected chi connectivity index (χ0v) is 13.2. The molecule has 0 radical (unpaired) electrons. The van der Waals surface area contributed by atoms with Crippen LogP contribution in [0, 0.1) is 0 Å². The van der Waals surface area contributed by atoms with Crippen LogP contribution in [-0.2, 0) is 16.1 Å². The standard InChI is InChI=1S/C18H15N3O4/c22-16(23)10-21(18(24)25-11-13-6-2-1-3-7-13)17-14-8-4-5-9-15(14)19-12-20-17/h1-9,12H,10-11H2,(H,22,23). The molecule has 3 aromatic rings. The van der Waals surface area contributed by atoms with E-state index < -0.39 is 18.6 Å². The lowest BCUT2D eigenvalue weighted by molar-refractivity contribution is -0.135. The fraction of sp³-hybridized carbons (Fsp3) is 0.111. The number of aliphatic carboxylic acids is 1. The number of carboxylic acids is 1. The van der Waals surface area contributed by atoms with Crippen molar-refractivity contribution in [2.75, 3.05) is 11.4 Å². The number of fused-ring (bicyclic) bond motifs is 1. The average Bonchev–Trinajstić information content (AvgIpc) is 2.64. The SMILES string of the molecule is O=C(O)CN(C(=O)OCc1ccccc1)c1ncnc2ccccc12. The number of anilines is 1. The predicted octanol–water partition coefficient (Wildman–Crippen LogP) is 2.86. The first kappa shape index (κ1) is 16.4. The highest BCUT2D eigenvalue weighted by molar-refractivity contribution is 6.00. The number of hydrogen-bond acceptors (Lipinski definition) is 5. The third-order valence-electron chi connectivity index (χ3n) is 3.50. The molecule has 0 aliphatic carbocycles. The Morgan fingerprint density at radius 1 is 1.00 bits per heavy atom. The maximum absolute atomic E-state index is 12.5. The first-order valence-electron chi connectivity index (χ1n) is 7.55. The first-order valence-corrected chi connectivity index (χ1v) is 7.55. The molecule has 0 spiro atoms. The summed E-state index contributed by atoms with van der Waals surface area (Å²) in [6, 6.07) is 16.2. The molecule has 0 aliphatic rings. The van der Waals surface area contributed by atoms with Crippen molar-refractivity contribution in [1.29, 1.82) is 0 Å². The summed E-state index contributed by atoms with van der Waals surface area (Å²) < 4.78 is 5.26. The van der Waals surface area contributed by atoms with Gasteiger partial charge in [-0.2, -0.15) is 0 Å². The molecule has 2 aromatic carbocycles. The monoisotopic (exact) mass is 337 g/mol. The number of rotatable bonds is 5. The van der Waals surface area contributed by atoms with Crippen LogP contribution in [0.15, 0.2) is 60.9 Å². The fourth-order valence-corrected chi connectivity index (χ4v) is 2.36. The van der Waals surface area contributed by atoms with Crippen LogP contribution in [0.4, 0.5) is 10.6 Å². The minimum Gasteiger partial charge on any atom is -0.480 e. The number of carboxylic acid groups (broad SMARTS) is 1. The molecule has 1 aromatic heterocycles. The van der Waals surface area contributed by atoms with Crippen LogP contribution in [0.2, 0.25) is 0 Å². The second kappa shape index (κ2) is 7.39. The summed E-state index contributed by atoms with van der Waals surface area (Å²) in [6.07, 6.45) is 0.506. The molecule has 0 saturated heterocycles. The molecular formula is C18H15N3O4. The molecule has 1 N–H and O–H groups in total. The molecular weight excluding hydrogens is 322 g/mol. The van der Waals surface area contributed by atoms with E-state index in [1.165, 1.54) is 6.33 Å². The Morgan fingerprint density at radius 3 is 2.48 bits per heavy atom. The van der Waals surface area contributed by atoms with Gasteiger partial charge < -0.3 is 9.84 Å². The Labute approximate surface area is 143 Å². The van der Waals surface area contributed by atoms with Crippen LogP contribution < -0.4 is 4.90 Å². The quantitative estimate of drug-likeness (QED) is 0.769. The summed E-state index contributed by atoms with van der Waals surface area (Å²) in [6.45, 7) is -0.520. The van der Waals surface area contributed by atoms with Gasteiger partial charge in [-0.25, -0.2) is 19.7 Å². The summed E-state index contributed by atoms with van der Waals surface area (Å²) in [5.74, 6) is -0.967. The number of nitrogens with zero attached hydrogens (tertiary/aromatic N) is 3. The Bertz CT molecular complexity index is 894. The van der Waals surface area contributed by atoms with Crippen LogP contribution in [-0.4, -0.2) is 33.7 Å². The van der Waals surface area contributed by atoms with Crippen molar-refractivity contribution in [3.05, 3.63) is 66.5 Å². The van der Waals surface area contributed by atoms with Crippen molar-refractivity contribution in [2.45, 2.75) is 6.61 Å². The summed E-state index contributed by atoms with van der Waals surface area (Å²) in [4.78, 5) is 32.9. The van der Waals surface area contributed by atoms with Gasteiger partial charge in [-0.1, -0.05) is 42.5 Å². The molecule has 126 valence electrons. The number of amides is 1. The fourth-order valence-electron chi connectivity index (χ4n) is 2.36. The van der Waals surface area contributed by atoms with Crippen LogP contribution in [0.5, 0.6) is 0 Å². The Balaban J connectivity index is 1.88. The van der Waals surface area contributed by atoms with Crippen LogP contribution in [0.1, 0.15) is 5.56 Å². The molecule has 0 fully saturated rings. The van der Waals surface area contributed by atoms with Gasteiger partial charge in [0.15, 0.2) is 0 Å². The zero-order valence-electron chi connectivity index (χ0n) is 13.2. The molecule has 0 unspecified atom stereocenters.